The van der Waals surface area contributed by atoms with Crippen molar-refractivity contribution in [3.05, 3.63) is 23.9 Å². The molecule has 1 atom stereocenters. The number of allylic oxidation sites excluding steroid dienone is 3. The minimum Gasteiger partial charge on any atom is -0.367 e. The van der Waals surface area contributed by atoms with Crippen LogP contribution >= 0.6 is 0 Å². The number of nitrogens with two attached hydrogens (primary N) is 1. The van der Waals surface area contributed by atoms with Crippen LogP contribution < -0.4 is 11.2 Å². The quantitative estimate of drug-likeness (QED) is 0.640. The molecule has 0 radical (unpaired) electrons. The Kier molecular flexibility index (Phi) is 2.09. The Labute approximate surface area is 81.9 Å². The second kappa shape index (κ2) is 3.26. The van der Waals surface area contributed by atoms with Crippen molar-refractivity contribution in [2.75, 3.05) is 0 Å². The number of hydrazine groups is 1. The number of aliphatic imine (C=N–C) groups is 1. The molecule has 0 saturated carbocycles. The zero-order chi connectivity index (χ0) is 10.1. The third-order valence-corrected chi connectivity index (χ3v) is 2.19. The number of hydrogen-bond donors (Lipinski definition) is 2. The Morgan fingerprint density at radius 1 is 1.79 bits per heavy atom. The molecule has 0 aromatic heterocycles. The van der Waals surface area contributed by atoms with E-state index < -0.39 is 12.1 Å². The number of hydrogen-bond acceptors (Lipinski definition) is 4. The van der Waals surface area contributed by atoms with Crippen molar-refractivity contribution in [2.45, 2.75) is 19.5 Å². The predicted molar refractivity (Wildman–Crippen MR) is 52.9 cm³/mol. The van der Waals surface area contributed by atoms with Gasteiger partial charge in [-0.15, -0.1) is 0 Å². The van der Waals surface area contributed by atoms with Crippen molar-refractivity contribution >= 4 is 11.7 Å². The van der Waals surface area contributed by atoms with E-state index in [4.69, 9.17) is 5.73 Å². The number of rotatable bonds is 2. The Bertz CT molecular complexity index is 356. The van der Waals surface area contributed by atoms with Gasteiger partial charge in [0.05, 0.1) is 0 Å². The van der Waals surface area contributed by atoms with Crippen molar-refractivity contribution in [3.8, 4) is 0 Å². The van der Waals surface area contributed by atoms with Crippen LogP contribution in [-0.2, 0) is 4.79 Å². The molecule has 0 spiro atoms. The molecule has 0 aliphatic carbocycles. The topological polar surface area (TPSA) is 70.7 Å². The standard InChI is InChI=1S/C9H12N4O/c1-2-6-4-3-5-7-11-9(8(10)14)12-13(6)7/h3-5,9,12H,2H2,1H3,(H2,10,14). The van der Waals surface area contributed by atoms with Crippen molar-refractivity contribution in [2.24, 2.45) is 10.7 Å². The maximum Gasteiger partial charge on any atom is 0.258 e. The normalized spacial score (nSPS) is 24.4. The van der Waals surface area contributed by atoms with Gasteiger partial charge in [0, 0.05) is 5.70 Å². The van der Waals surface area contributed by atoms with Crippen molar-refractivity contribution in [1.29, 1.82) is 0 Å². The Morgan fingerprint density at radius 3 is 3.21 bits per heavy atom. The van der Waals surface area contributed by atoms with Crippen LogP contribution in [-0.4, -0.2) is 22.9 Å². The molecule has 5 nitrogen and oxygen atoms in total. The molecule has 74 valence electrons. The molecule has 0 aromatic rings. The Balaban J connectivity index is 2.24. The molecule has 2 aliphatic rings. The van der Waals surface area contributed by atoms with Gasteiger partial charge in [-0.1, -0.05) is 13.0 Å². The van der Waals surface area contributed by atoms with E-state index in [0.29, 0.717) is 0 Å². The average molecular weight is 192 g/mol. The van der Waals surface area contributed by atoms with Crippen LogP contribution in [0.1, 0.15) is 13.3 Å². The molecule has 14 heavy (non-hydrogen) atoms. The third kappa shape index (κ3) is 1.31. The highest BCUT2D eigenvalue weighted by molar-refractivity contribution is 5.99. The molecule has 1 unspecified atom stereocenters. The smallest absolute Gasteiger partial charge is 0.258 e. The lowest BCUT2D eigenvalue weighted by Crippen LogP contribution is -2.45. The summed E-state index contributed by atoms with van der Waals surface area (Å²) >= 11 is 0. The maximum atomic E-state index is 10.9. The van der Waals surface area contributed by atoms with Gasteiger partial charge < -0.3 is 5.73 Å². The lowest BCUT2D eigenvalue weighted by atomic mass is 10.2. The minimum atomic E-state index is -0.636. The molecule has 1 amide bonds. The number of nitrogens with zero attached hydrogens (tertiary/aromatic N) is 2. The molecule has 0 bridgehead atoms. The molecular weight excluding hydrogens is 180 g/mol. The summed E-state index contributed by atoms with van der Waals surface area (Å²) in [5.74, 6) is 0.281. The average Bonchev–Trinajstić information content (AvgIpc) is 2.60. The summed E-state index contributed by atoms with van der Waals surface area (Å²) in [6.07, 6.45) is 5.98. The van der Waals surface area contributed by atoms with Crippen LogP contribution in [0.3, 0.4) is 0 Å². The van der Waals surface area contributed by atoms with Crippen molar-refractivity contribution in [1.82, 2.24) is 10.4 Å². The highest BCUT2D eigenvalue weighted by Crippen LogP contribution is 2.17. The van der Waals surface area contributed by atoms with E-state index in [1.54, 1.807) is 5.01 Å². The molecule has 2 aliphatic heterocycles. The van der Waals surface area contributed by atoms with Crippen molar-refractivity contribution in [3.63, 3.8) is 0 Å². The zero-order valence-electron chi connectivity index (χ0n) is 7.90. The fourth-order valence-electron chi connectivity index (χ4n) is 1.48. The SMILES string of the molecule is CCC1=CC=CC2=NC(C(N)=O)NN12. The van der Waals surface area contributed by atoms with Crippen molar-refractivity contribution < 1.29 is 4.79 Å². The van der Waals surface area contributed by atoms with E-state index in [1.807, 2.05) is 25.2 Å². The molecule has 0 fully saturated rings. The van der Waals surface area contributed by atoms with Gasteiger partial charge in [-0.05, 0) is 18.6 Å². The highest BCUT2D eigenvalue weighted by atomic mass is 16.2. The first-order chi connectivity index (χ1) is 6.72. The van der Waals surface area contributed by atoms with Gasteiger partial charge in [-0.3, -0.25) is 9.80 Å². The summed E-state index contributed by atoms with van der Waals surface area (Å²) in [4.78, 5) is 15.1. The Morgan fingerprint density at radius 2 is 2.57 bits per heavy atom. The number of amides is 1. The van der Waals surface area contributed by atoms with Gasteiger partial charge in [0.15, 0.2) is 6.17 Å². The maximum absolute atomic E-state index is 10.9. The van der Waals surface area contributed by atoms with Gasteiger partial charge in [0.2, 0.25) is 0 Å². The number of fused-ring (bicyclic) bond motifs is 1. The lowest BCUT2D eigenvalue weighted by Gasteiger charge is -2.23. The van der Waals surface area contributed by atoms with E-state index >= 15 is 0 Å². The second-order valence-electron chi connectivity index (χ2n) is 3.13. The van der Waals surface area contributed by atoms with E-state index in [-0.39, 0.29) is 0 Å². The van der Waals surface area contributed by atoms with Crippen LogP contribution in [0, 0.1) is 0 Å². The summed E-state index contributed by atoms with van der Waals surface area (Å²) < 4.78 is 0. The fraction of sp³-hybridized carbons (Fsp3) is 0.333. The molecule has 0 aromatic carbocycles. The van der Waals surface area contributed by atoms with Crippen LogP contribution in [0.25, 0.3) is 0 Å². The van der Waals surface area contributed by atoms with Gasteiger partial charge in [-0.2, -0.15) is 5.43 Å². The number of primary amides is 1. The van der Waals surface area contributed by atoms with Crippen LogP contribution in [0.15, 0.2) is 28.9 Å². The molecule has 5 heteroatoms. The fourth-order valence-corrected chi connectivity index (χ4v) is 1.48. The number of amidine groups is 1. The van der Waals surface area contributed by atoms with E-state index in [0.717, 1.165) is 18.0 Å². The first-order valence-electron chi connectivity index (χ1n) is 4.53. The van der Waals surface area contributed by atoms with Crippen LogP contribution in [0.2, 0.25) is 0 Å². The van der Waals surface area contributed by atoms with Crippen LogP contribution in [0.5, 0.6) is 0 Å². The van der Waals surface area contributed by atoms with Gasteiger partial charge in [0.25, 0.3) is 5.91 Å². The van der Waals surface area contributed by atoms with E-state index in [1.165, 1.54) is 0 Å². The summed E-state index contributed by atoms with van der Waals surface area (Å²) in [5, 5.41) is 1.80. The van der Waals surface area contributed by atoms with Gasteiger partial charge in [0.1, 0.15) is 5.84 Å². The van der Waals surface area contributed by atoms with E-state index in [9.17, 15) is 4.79 Å². The molecule has 2 heterocycles. The predicted octanol–water partition coefficient (Wildman–Crippen LogP) is -0.120. The highest BCUT2D eigenvalue weighted by Gasteiger charge is 2.29. The first-order valence-corrected chi connectivity index (χ1v) is 4.53. The third-order valence-electron chi connectivity index (χ3n) is 2.19. The first kappa shape index (κ1) is 8.96. The monoisotopic (exact) mass is 192 g/mol. The minimum absolute atomic E-state index is 0.462. The Hall–Kier alpha value is -1.62. The summed E-state index contributed by atoms with van der Waals surface area (Å²) in [6.45, 7) is 2.04. The van der Waals surface area contributed by atoms with E-state index in [2.05, 4.69) is 10.4 Å². The molecule has 3 N–H and O–H groups in total. The molecule has 0 saturated heterocycles. The van der Waals surface area contributed by atoms with Gasteiger partial charge >= 0.3 is 0 Å². The zero-order valence-corrected chi connectivity index (χ0v) is 7.90. The largest absolute Gasteiger partial charge is 0.367 e. The number of carbonyl (C=O) groups is 1. The summed E-state index contributed by atoms with van der Waals surface area (Å²) in [6, 6.07) is 0. The second-order valence-corrected chi connectivity index (χ2v) is 3.13. The molecule has 2 rings (SSSR count). The number of carbonyl (C=O) groups excluding carboxylic acids is 1. The molecular formula is C9H12N4O. The number of nitrogens with one attached hydrogen (secondary N) is 1. The van der Waals surface area contributed by atoms with Gasteiger partial charge in [-0.25, -0.2) is 4.99 Å². The lowest BCUT2D eigenvalue weighted by molar-refractivity contribution is -0.120. The summed E-state index contributed by atoms with van der Waals surface area (Å²) in [5.41, 5.74) is 9.17. The van der Waals surface area contributed by atoms with Crippen LogP contribution in [0.4, 0.5) is 0 Å². The summed E-state index contributed by atoms with van der Waals surface area (Å²) in [7, 11) is 0.